The molecule has 0 aliphatic rings. The Morgan fingerprint density at radius 1 is 0.525 bits per heavy atom. The van der Waals surface area contributed by atoms with E-state index in [2.05, 4.69) is 225 Å². The summed E-state index contributed by atoms with van der Waals surface area (Å²) in [6.07, 6.45) is 7.89. The zero-order chi connectivity index (χ0) is 42.1. The monoisotopic (exact) mass is 778 g/mol. The zero-order valence-electron chi connectivity index (χ0n) is 36.9. The number of benzene rings is 5. The van der Waals surface area contributed by atoms with Crippen LogP contribution in [0.5, 0.6) is 11.5 Å². The lowest BCUT2D eigenvalue weighted by Gasteiger charge is -2.22. The van der Waals surface area contributed by atoms with Crippen LogP contribution < -0.4 is 9.30 Å². The lowest BCUT2D eigenvalue weighted by molar-refractivity contribution is -0.599. The Balaban J connectivity index is 1.22. The number of imidazole rings is 1. The van der Waals surface area contributed by atoms with Crippen LogP contribution in [0.3, 0.4) is 0 Å². The van der Waals surface area contributed by atoms with Crippen molar-refractivity contribution in [3.05, 3.63) is 162 Å². The second-order valence-corrected chi connectivity index (χ2v) is 20.2. The SMILES string of the molecule is CC(C)(C)c1cc(-c2ccccc2)cc(-[n+]2[c-]n(-c3cccc(Oc4ccc5c6ccc(C(C)(C)C)cc6n(-c6cc(C(C)(C)C)ccn6)c5c4)c3)c(C(C)(C)C)c2)c1. The van der Waals surface area contributed by atoms with Crippen LogP contribution in [0.15, 0.2) is 134 Å². The van der Waals surface area contributed by atoms with Gasteiger partial charge in [0.2, 0.25) is 0 Å². The van der Waals surface area contributed by atoms with Gasteiger partial charge in [-0.1, -0.05) is 138 Å². The maximum absolute atomic E-state index is 6.76. The van der Waals surface area contributed by atoms with Crippen molar-refractivity contribution in [2.45, 2.75) is 105 Å². The summed E-state index contributed by atoms with van der Waals surface area (Å²) in [5.41, 5.74) is 11.4. The Bertz CT molecular complexity index is 2830. The third-order valence-electron chi connectivity index (χ3n) is 11.4. The molecule has 8 aromatic rings. The minimum absolute atomic E-state index is 0.000285. The normalized spacial score (nSPS) is 12.7. The van der Waals surface area contributed by atoms with Gasteiger partial charge in [0.05, 0.1) is 28.1 Å². The number of fused-ring (bicyclic) bond motifs is 3. The minimum atomic E-state index is -0.161. The van der Waals surface area contributed by atoms with Crippen molar-refractivity contribution in [2.75, 3.05) is 0 Å². The van der Waals surface area contributed by atoms with Gasteiger partial charge in [-0.2, -0.15) is 0 Å². The lowest BCUT2D eigenvalue weighted by Crippen LogP contribution is -2.29. The first-order valence-corrected chi connectivity index (χ1v) is 20.9. The van der Waals surface area contributed by atoms with Gasteiger partial charge < -0.3 is 4.74 Å². The van der Waals surface area contributed by atoms with Crippen molar-refractivity contribution in [3.63, 3.8) is 0 Å². The number of nitrogens with zero attached hydrogens (tertiary/aromatic N) is 4. The van der Waals surface area contributed by atoms with Crippen LogP contribution in [0.1, 0.15) is 105 Å². The molecule has 0 aliphatic carbocycles. The largest absolute Gasteiger partial charge is 0.458 e. The van der Waals surface area contributed by atoms with Gasteiger partial charge in [0.15, 0.2) is 0 Å². The highest BCUT2D eigenvalue weighted by molar-refractivity contribution is 6.09. The van der Waals surface area contributed by atoms with E-state index in [9.17, 15) is 0 Å². The molecule has 300 valence electrons. The Hall–Kier alpha value is -5.94. The predicted octanol–water partition coefficient (Wildman–Crippen LogP) is 13.7. The van der Waals surface area contributed by atoms with Crippen molar-refractivity contribution in [2.24, 2.45) is 0 Å². The van der Waals surface area contributed by atoms with E-state index >= 15 is 0 Å². The molecule has 3 heterocycles. The van der Waals surface area contributed by atoms with Gasteiger partial charge in [-0.05, 0) is 110 Å². The number of ether oxygens (including phenoxy) is 1. The third-order valence-corrected chi connectivity index (χ3v) is 11.4. The molecule has 5 aromatic carbocycles. The van der Waals surface area contributed by atoms with E-state index in [1.54, 1.807) is 0 Å². The summed E-state index contributed by atoms with van der Waals surface area (Å²) >= 11 is 0. The van der Waals surface area contributed by atoms with Gasteiger partial charge in [0, 0.05) is 29.2 Å². The van der Waals surface area contributed by atoms with Gasteiger partial charge in [-0.3, -0.25) is 13.7 Å². The summed E-state index contributed by atoms with van der Waals surface area (Å²) in [5.74, 6) is 2.41. The number of hydrogen-bond acceptors (Lipinski definition) is 2. The van der Waals surface area contributed by atoms with Crippen LogP contribution in [0.4, 0.5) is 0 Å². The maximum Gasteiger partial charge on any atom is 0.269 e. The van der Waals surface area contributed by atoms with E-state index in [0.717, 1.165) is 50.8 Å². The molecule has 0 saturated heterocycles. The molecule has 8 rings (SSSR count). The standard InChI is InChI=1S/C54H58N4O/c1-51(2,3)38-21-23-45-46-24-22-44(33-48(46)58(47(45)30-38)50-31-39(25-26-55-50)52(4,5)6)59-43-20-16-19-41(32-43)57-35-56(34-49(57)54(10,11)12)42-28-37(36-17-14-13-15-18-36)27-40(29-42)53(7,8)9/h13-34H,1-12H3. The third kappa shape index (κ3) is 7.96. The second kappa shape index (κ2) is 14.4. The van der Waals surface area contributed by atoms with E-state index in [1.807, 2.05) is 12.3 Å². The van der Waals surface area contributed by atoms with E-state index in [4.69, 9.17) is 9.72 Å². The summed E-state index contributed by atoms with van der Waals surface area (Å²) in [4.78, 5) is 4.95. The number of aromatic nitrogens is 4. The molecule has 0 bridgehead atoms. The van der Waals surface area contributed by atoms with Crippen LogP contribution in [0.25, 0.3) is 50.1 Å². The van der Waals surface area contributed by atoms with Crippen molar-refractivity contribution in [3.8, 4) is 39.8 Å². The summed E-state index contributed by atoms with van der Waals surface area (Å²) in [7, 11) is 0. The molecule has 0 atom stereocenters. The number of pyridine rings is 1. The highest BCUT2D eigenvalue weighted by atomic mass is 16.5. The predicted molar refractivity (Wildman–Crippen MR) is 245 cm³/mol. The Morgan fingerprint density at radius 2 is 1.17 bits per heavy atom. The van der Waals surface area contributed by atoms with Gasteiger partial charge >= 0.3 is 0 Å². The molecule has 3 aromatic heterocycles. The average Bonchev–Trinajstić information content (AvgIpc) is 3.78. The van der Waals surface area contributed by atoms with Crippen molar-refractivity contribution >= 4 is 21.8 Å². The first kappa shape index (κ1) is 39.9. The quantitative estimate of drug-likeness (QED) is 0.124. The molecule has 0 N–H and O–H groups in total. The van der Waals surface area contributed by atoms with Crippen LogP contribution in [0.2, 0.25) is 0 Å². The topological polar surface area (TPSA) is 35.9 Å². The van der Waals surface area contributed by atoms with E-state index in [-0.39, 0.29) is 21.7 Å². The van der Waals surface area contributed by atoms with Gasteiger partial charge in [-0.25, -0.2) is 4.98 Å². The highest BCUT2D eigenvalue weighted by Gasteiger charge is 2.25. The summed E-state index contributed by atoms with van der Waals surface area (Å²) in [6.45, 7) is 27.1. The molecule has 5 nitrogen and oxygen atoms in total. The second-order valence-electron chi connectivity index (χ2n) is 20.2. The fraction of sp³-hybridized carbons (Fsp3) is 0.296. The van der Waals surface area contributed by atoms with Crippen molar-refractivity contribution < 1.29 is 9.30 Å². The fourth-order valence-electron chi connectivity index (χ4n) is 7.81. The molecule has 5 heteroatoms. The molecule has 0 amide bonds. The average molecular weight is 779 g/mol. The lowest BCUT2D eigenvalue weighted by atomic mass is 9.85. The number of hydrogen-bond donors (Lipinski definition) is 0. The smallest absolute Gasteiger partial charge is 0.269 e. The van der Waals surface area contributed by atoms with E-state index < -0.39 is 0 Å². The van der Waals surface area contributed by atoms with Gasteiger partial charge in [-0.15, -0.1) is 0 Å². The van der Waals surface area contributed by atoms with Crippen LogP contribution in [-0.4, -0.2) is 14.1 Å². The van der Waals surface area contributed by atoms with Crippen LogP contribution in [0, 0.1) is 6.33 Å². The van der Waals surface area contributed by atoms with Crippen LogP contribution in [-0.2, 0) is 21.7 Å². The van der Waals surface area contributed by atoms with Gasteiger partial charge in [0.25, 0.3) is 6.33 Å². The molecular formula is C54H58N4O. The number of rotatable bonds is 6. The molecule has 0 aliphatic heterocycles. The molecule has 59 heavy (non-hydrogen) atoms. The molecule has 0 radical (unpaired) electrons. The maximum atomic E-state index is 6.76. The Labute approximate surface area is 351 Å². The minimum Gasteiger partial charge on any atom is -0.458 e. The Kier molecular flexibility index (Phi) is 9.74. The van der Waals surface area contributed by atoms with Crippen molar-refractivity contribution in [1.29, 1.82) is 0 Å². The molecule has 0 fully saturated rings. The van der Waals surface area contributed by atoms with Gasteiger partial charge in [0.1, 0.15) is 17.3 Å². The van der Waals surface area contributed by atoms with Crippen LogP contribution >= 0.6 is 0 Å². The van der Waals surface area contributed by atoms with E-state index in [0.29, 0.717) is 0 Å². The highest BCUT2D eigenvalue weighted by Crippen LogP contribution is 2.38. The molecular weight excluding hydrogens is 721 g/mol. The summed E-state index contributed by atoms with van der Waals surface area (Å²) in [6, 6.07) is 43.5. The molecule has 0 unspecified atom stereocenters. The first-order valence-electron chi connectivity index (χ1n) is 20.9. The Morgan fingerprint density at radius 3 is 1.85 bits per heavy atom. The fourth-order valence-corrected chi connectivity index (χ4v) is 7.81. The molecule has 0 spiro atoms. The van der Waals surface area contributed by atoms with E-state index in [1.165, 1.54) is 33.2 Å². The summed E-state index contributed by atoms with van der Waals surface area (Å²) in [5, 5.41) is 2.36. The van der Waals surface area contributed by atoms with Crippen molar-refractivity contribution in [1.82, 2.24) is 14.1 Å². The summed E-state index contributed by atoms with van der Waals surface area (Å²) < 4.78 is 13.4. The molecule has 0 saturated carbocycles. The first-order chi connectivity index (χ1) is 27.7. The zero-order valence-corrected chi connectivity index (χ0v) is 36.9.